The molecule has 0 aromatic carbocycles. The van der Waals surface area contributed by atoms with Crippen molar-refractivity contribution in [3.05, 3.63) is 0 Å². The zero-order valence-electron chi connectivity index (χ0n) is 11.6. The molecule has 0 aliphatic heterocycles. The number of carbonyl (C=O) groups is 1. The summed E-state index contributed by atoms with van der Waals surface area (Å²) in [7, 11) is -3.59. The molecule has 0 atom stereocenters. The topological polar surface area (TPSA) is 86.7 Å². The van der Waals surface area contributed by atoms with Crippen LogP contribution in [0.2, 0.25) is 0 Å². The number of hydrogen-bond donors (Lipinski definition) is 2. The Hall–Kier alpha value is -0.660. The van der Waals surface area contributed by atoms with Gasteiger partial charge in [0.1, 0.15) is 0 Å². The predicted molar refractivity (Wildman–Crippen MR) is 70.5 cm³/mol. The first kappa shape index (κ1) is 17.3. The summed E-state index contributed by atoms with van der Waals surface area (Å²) in [4.78, 5) is 11.3. The highest BCUT2D eigenvalue weighted by atomic mass is 32.2. The van der Waals surface area contributed by atoms with E-state index in [2.05, 4.69) is 4.72 Å². The minimum atomic E-state index is -3.59. The van der Waals surface area contributed by atoms with Crippen molar-refractivity contribution in [1.82, 2.24) is 9.03 Å². The van der Waals surface area contributed by atoms with Gasteiger partial charge in [-0.15, -0.1) is 0 Å². The molecule has 0 unspecified atom stereocenters. The summed E-state index contributed by atoms with van der Waals surface area (Å²) in [6.07, 6.45) is 0.777. The van der Waals surface area contributed by atoms with Crippen molar-refractivity contribution in [3.63, 3.8) is 0 Å². The molecule has 108 valence electrons. The van der Waals surface area contributed by atoms with Crippen LogP contribution in [0, 0.1) is 5.41 Å². The minimum absolute atomic E-state index is 0.0752. The average molecular weight is 280 g/mol. The van der Waals surface area contributed by atoms with Crippen molar-refractivity contribution in [3.8, 4) is 0 Å². The molecule has 0 heterocycles. The molecule has 0 saturated heterocycles. The second-order valence-electron chi connectivity index (χ2n) is 4.20. The lowest BCUT2D eigenvalue weighted by Crippen LogP contribution is -2.47. The normalized spacial score (nSPS) is 12.9. The molecule has 0 bridgehead atoms. The van der Waals surface area contributed by atoms with E-state index in [-0.39, 0.29) is 6.54 Å². The predicted octanol–water partition coefficient (Wildman–Crippen LogP) is 1.05. The smallest absolute Gasteiger partial charge is 0.310 e. The molecule has 2 N–H and O–H groups in total. The second-order valence-corrected chi connectivity index (χ2v) is 5.96. The first-order valence-electron chi connectivity index (χ1n) is 6.27. The molecule has 18 heavy (non-hydrogen) atoms. The Balaban J connectivity index is 4.87. The van der Waals surface area contributed by atoms with Gasteiger partial charge in [-0.1, -0.05) is 27.7 Å². The van der Waals surface area contributed by atoms with Gasteiger partial charge in [-0.25, -0.2) is 4.72 Å². The van der Waals surface area contributed by atoms with Crippen molar-refractivity contribution in [2.75, 3.05) is 19.6 Å². The molecule has 0 radical (unpaired) electrons. The van der Waals surface area contributed by atoms with Crippen molar-refractivity contribution in [1.29, 1.82) is 0 Å². The fourth-order valence-electron chi connectivity index (χ4n) is 1.76. The van der Waals surface area contributed by atoms with Crippen LogP contribution in [0.25, 0.3) is 0 Å². The van der Waals surface area contributed by atoms with Crippen molar-refractivity contribution >= 4 is 16.2 Å². The average Bonchev–Trinajstić information content (AvgIpc) is 2.31. The molecule has 0 spiro atoms. The number of nitrogens with one attached hydrogen (secondary N) is 1. The van der Waals surface area contributed by atoms with Crippen LogP contribution in [0.15, 0.2) is 0 Å². The van der Waals surface area contributed by atoms with Gasteiger partial charge in [0.05, 0.1) is 5.41 Å². The summed E-state index contributed by atoms with van der Waals surface area (Å²) in [6, 6.07) is 0. The molecule has 0 aromatic rings. The van der Waals surface area contributed by atoms with E-state index in [1.807, 2.05) is 0 Å². The first-order valence-corrected chi connectivity index (χ1v) is 7.71. The Morgan fingerprint density at radius 2 is 1.61 bits per heavy atom. The fraction of sp³-hybridized carbons (Fsp3) is 0.909. The largest absolute Gasteiger partial charge is 0.481 e. The van der Waals surface area contributed by atoms with E-state index in [9.17, 15) is 18.3 Å². The number of hydrogen-bond acceptors (Lipinski definition) is 3. The number of nitrogens with zero attached hydrogens (tertiary/aromatic N) is 1. The zero-order valence-corrected chi connectivity index (χ0v) is 12.4. The number of rotatable bonds is 9. The molecule has 0 aliphatic carbocycles. The standard InChI is InChI=1S/C11H24N2O4S/c1-5-11(6-2,10(14)15)9-12-18(16,17)13(7-3)8-4/h12H,5-9H2,1-4H3,(H,14,15). The van der Waals surface area contributed by atoms with Gasteiger partial charge in [0.2, 0.25) is 0 Å². The number of carboxylic acids is 1. The molecular formula is C11H24N2O4S. The monoisotopic (exact) mass is 280 g/mol. The van der Waals surface area contributed by atoms with Crippen LogP contribution in [0.1, 0.15) is 40.5 Å². The number of aliphatic carboxylic acids is 1. The minimum Gasteiger partial charge on any atom is -0.481 e. The lowest BCUT2D eigenvalue weighted by atomic mass is 9.83. The lowest BCUT2D eigenvalue weighted by molar-refractivity contribution is -0.149. The Bertz CT molecular complexity index is 359. The lowest BCUT2D eigenvalue weighted by Gasteiger charge is -2.28. The van der Waals surface area contributed by atoms with Gasteiger partial charge in [0.15, 0.2) is 0 Å². The Labute approximate surface area is 110 Å². The molecule has 7 heteroatoms. The van der Waals surface area contributed by atoms with Crippen LogP contribution in [-0.4, -0.2) is 43.4 Å². The number of carboxylic acid groups (broad SMARTS) is 1. The highest BCUT2D eigenvalue weighted by molar-refractivity contribution is 7.87. The maximum Gasteiger partial charge on any atom is 0.310 e. The van der Waals surface area contributed by atoms with Gasteiger partial charge >= 0.3 is 5.97 Å². The van der Waals surface area contributed by atoms with E-state index in [1.54, 1.807) is 27.7 Å². The summed E-state index contributed by atoms with van der Waals surface area (Å²) < 4.78 is 27.5. The van der Waals surface area contributed by atoms with Gasteiger partial charge in [-0.3, -0.25) is 4.79 Å². The Morgan fingerprint density at radius 1 is 1.17 bits per heavy atom. The van der Waals surface area contributed by atoms with Crippen molar-refractivity contribution in [2.45, 2.75) is 40.5 Å². The van der Waals surface area contributed by atoms with Gasteiger partial charge in [0, 0.05) is 19.6 Å². The summed E-state index contributed by atoms with van der Waals surface area (Å²) in [6.45, 7) is 7.65. The second kappa shape index (κ2) is 7.06. The molecule has 0 rings (SSSR count). The van der Waals surface area contributed by atoms with Crippen LogP contribution in [0.3, 0.4) is 0 Å². The highest BCUT2D eigenvalue weighted by Gasteiger charge is 2.36. The quantitative estimate of drug-likeness (QED) is 0.661. The summed E-state index contributed by atoms with van der Waals surface area (Å²) >= 11 is 0. The first-order chi connectivity index (χ1) is 8.29. The van der Waals surface area contributed by atoms with Gasteiger partial charge in [-0.2, -0.15) is 12.7 Å². The molecule has 0 aliphatic rings. The van der Waals surface area contributed by atoms with Crippen LogP contribution in [-0.2, 0) is 15.0 Å². The van der Waals surface area contributed by atoms with Crippen LogP contribution >= 0.6 is 0 Å². The van der Waals surface area contributed by atoms with Gasteiger partial charge in [-0.05, 0) is 12.8 Å². The Morgan fingerprint density at radius 3 is 1.89 bits per heavy atom. The van der Waals surface area contributed by atoms with E-state index >= 15 is 0 Å². The molecule has 0 aromatic heterocycles. The SMILES string of the molecule is CCN(CC)S(=O)(=O)NCC(CC)(CC)C(=O)O. The van der Waals surface area contributed by atoms with Crippen LogP contribution in [0.4, 0.5) is 0 Å². The van der Waals surface area contributed by atoms with Crippen molar-refractivity contribution < 1.29 is 18.3 Å². The maximum absolute atomic E-state index is 11.9. The van der Waals surface area contributed by atoms with E-state index in [4.69, 9.17) is 0 Å². The summed E-state index contributed by atoms with van der Waals surface area (Å²) in [5.74, 6) is -0.963. The molecule has 6 nitrogen and oxygen atoms in total. The van der Waals surface area contributed by atoms with E-state index in [1.165, 1.54) is 4.31 Å². The third kappa shape index (κ3) is 3.93. The van der Waals surface area contributed by atoms with E-state index in [0.29, 0.717) is 25.9 Å². The van der Waals surface area contributed by atoms with Gasteiger partial charge < -0.3 is 5.11 Å². The third-order valence-electron chi connectivity index (χ3n) is 3.45. The Kier molecular flexibility index (Phi) is 6.80. The third-order valence-corrected chi connectivity index (χ3v) is 5.15. The van der Waals surface area contributed by atoms with Gasteiger partial charge in [0.25, 0.3) is 10.2 Å². The van der Waals surface area contributed by atoms with Crippen LogP contribution in [0.5, 0.6) is 0 Å². The van der Waals surface area contributed by atoms with Crippen LogP contribution < -0.4 is 4.72 Å². The molecule has 0 fully saturated rings. The fourth-order valence-corrected chi connectivity index (χ4v) is 3.08. The summed E-state index contributed by atoms with van der Waals surface area (Å²) in [5, 5.41) is 9.23. The molecular weight excluding hydrogens is 256 g/mol. The highest BCUT2D eigenvalue weighted by Crippen LogP contribution is 2.26. The summed E-state index contributed by atoms with van der Waals surface area (Å²) in [5.41, 5.74) is -1.03. The van der Waals surface area contributed by atoms with E-state index < -0.39 is 21.6 Å². The molecule has 0 amide bonds. The van der Waals surface area contributed by atoms with E-state index in [0.717, 1.165) is 0 Å². The zero-order chi connectivity index (χ0) is 14.4. The maximum atomic E-state index is 11.9. The molecule has 0 saturated carbocycles. The van der Waals surface area contributed by atoms with Crippen molar-refractivity contribution in [2.24, 2.45) is 5.41 Å².